The fraction of sp³-hybridized carbons (Fsp3) is 0.167. The third-order valence-corrected chi connectivity index (χ3v) is 3.68. The summed E-state index contributed by atoms with van der Waals surface area (Å²) in [6, 6.07) is 19.9. The molecule has 19 heavy (non-hydrogen) atoms. The fourth-order valence-corrected chi connectivity index (χ4v) is 2.51. The van der Waals surface area contributed by atoms with Crippen LogP contribution in [-0.2, 0) is 10.2 Å². The molecule has 0 aliphatic carbocycles. The van der Waals surface area contributed by atoms with Crippen molar-refractivity contribution in [1.29, 1.82) is 0 Å². The van der Waals surface area contributed by atoms with E-state index in [0.717, 1.165) is 17.4 Å². The van der Waals surface area contributed by atoms with Crippen molar-refractivity contribution < 1.29 is 4.79 Å². The lowest BCUT2D eigenvalue weighted by Crippen LogP contribution is -2.31. The normalized spacial score (nSPS) is 15.2. The summed E-state index contributed by atoms with van der Waals surface area (Å²) in [6.45, 7) is 5.89. The molecule has 96 valence electrons. The minimum Gasteiger partial charge on any atom is -0.302 e. The zero-order chi connectivity index (χ0) is 13.7. The first-order chi connectivity index (χ1) is 9.22. The van der Waals surface area contributed by atoms with Gasteiger partial charge in [-0.2, -0.15) is 0 Å². The molecule has 0 aliphatic heterocycles. The maximum absolute atomic E-state index is 11.8. The summed E-state index contributed by atoms with van der Waals surface area (Å²) < 4.78 is 0. The highest BCUT2D eigenvalue weighted by molar-refractivity contribution is 5.71. The summed E-state index contributed by atoms with van der Waals surface area (Å²) >= 11 is 0. The third kappa shape index (κ3) is 2.50. The van der Waals surface area contributed by atoms with Crippen LogP contribution in [0.1, 0.15) is 24.0 Å². The highest BCUT2D eigenvalue weighted by atomic mass is 16.1. The van der Waals surface area contributed by atoms with Crippen LogP contribution in [0.25, 0.3) is 0 Å². The topological polar surface area (TPSA) is 17.1 Å². The smallest absolute Gasteiger partial charge is 0.131 e. The average Bonchev–Trinajstić information content (AvgIpc) is 2.49. The number of rotatable bonds is 5. The van der Waals surface area contributed by atoms with Gasteiger partial charge in [-0.1, -0.05) is 66.7 Å². The summed E-state index contributed by atoms with van der Waals surface area (Å²) in [5.41, 5.74) is 1.53. The molecule has 0 aliphatic rings. The summed E-state index contributed by atoms with van der Waals surface area (Å²) in [5, 5.41) is 0. The van der Waals surface area contributed by atoms with E-state index in [9.17, 15) is 4.79 Å². The molecule has 1 heteroatoms. The van der Waals surface area contributed by atoms with E-state index in [1.165, 1.54) is 0 Å². The van der Waals surface area contributed by atoms with Gasteiger partial charge in [-0.3, -0.25) is 0 Å². The number of hydrogen-bond acceptors (Lipinski definition) is 1. The van der Waals surface area contributed by atoms with Crippen LogP contribution in [0.4, 0.5) is 0 Å². The van der Waals surface area contributed by atoms with Crippen molar-refractivity contribution in [2.45, 2.75) is 18.3 Å². The molecule has 0 saturated heterocycles. The first kappa shape index (κ1) is 13.3. The molecule has 0 fully saturated rings. The molecule has 2 rings (SSSR count). The van der Waals surface area contributed by atoms with E-state index in [2.05, 4.69) is 6.58 Å². The van der Waals surface area contributed by atoms with Crippen LogP contribution < -0.4 is 0 Å². The first-order valence-corrected chi connectivity index (χ1v) is 6.41. The van der Waals surface area contributed by atoms with E-state index < -0.39 is 5.41 Å². The molecule has 0 spiro atoms. The Hall–Kier alpha value is -2.15. The fourth-order valence-electron chi connectivity index (χ4n) is 2.51. The van der Waals surface area contributed by atoms with Crippen LogP contribution >= 0.6 is 0 Å². The number of aldehydes is 1. The van der Waals surface area contributed by atoms with Crippen LogP contribution in [0.3, 0.4) is 0 Å². The Morgan fingerprint density at radius 2 is 1.53 bits per heavy atom. The number of carbonyl (C=O) groups is 1. The van der Waals surface area contributed by atoms with Gasteiger partial charge in [0.05, 0.1) is 5.41 Å². The molecule has 2 aromatic rings. The molecule has 0 heterocycles. The van der Waals surface area contributed by atoms with Crippen molar-refractivity contribution in [3.8, 4) is 0 Å². The zero-order valence-corrected chi connectivity index (χ0v) is 11.1. The predicted molar refractivity (Wildman–Crippen MR) is 79.2 cm³/mol. The largest absolute Gasteiger partial charge is 0.302 e. The van der Waals surface area contributed by atoms with E-state index in [1.807, 2.05) is 73.7 Å². The second-order valence-corrected chi connectivity index (χ2v) is 4.89. The average molecular weight is 250 g/mol. The Morgan fingerprint density at radius 1 is 1.00 bits per heavy atom. The molecule has 0 N–H and O–H groups in total. The van der Waals surface area contributed by atoms with Gasteiger partial charge in [-0.05, 0) is 18.1 Å². The standard InChI is InChI=1S/C18H18O/c1-3-17(15-10-6-4-7-11-15)18(2,14-19)16-12-8-5-9-13-16/h3-14,17H,1H2,2H3/t17-,18-/m0/s1. The second kappa shape index (κ2) is 5.66. The van der Waals surface area contributed by atoms with E-state index in [4.69, 9.17) is 0 Å². The lowest BCUT2D eigenvalue weighted by Gasteiger charge is -2.31. The van der Waals surface area contributed by atoms with E-state index in [-0.39, 0.29) is 5.92 Å². The van der Waals surface area contributed by atoms with Crippen LogP contribution in [0.15, 0.2) is 73.3 Å². The summed E-state index contributed by atoms with van der Waals surface area (Å²) in [4.78, 5) is 11.8. The Labute approximate surface area is 114 Å². The Kier molecular flexibility index (Phi) is 3.96. The summed E-state index contributed by atoms with van der Waals surface area (Å²) in [6.07, 6.45) is 2.89. The van der Waals surface area contributed by atoms with E-state index >= 15 is 0 Å². The maximum atomic E-state index is 11.8. The number of allylic oxidation sites excluding steroid dienone is 1. The van der Waals surface area contributed by atoms with Crippen molar-refractivity contribution in [2.24, 2.45) is 0 Å². The highest BCUT2D eigenvalue weighted by Gasteiger charge is 2.34. The minimum absolute atomic E-state index is 0.0337. The van der Waals surface area contributed by atoms with Crippen LogP contribution in [-0.4, -0.2) is 6.29 Å². The molecule has 2 atom stereocenters. The summed E-state index contributed by atoms with van der Waals surface area (Å²) in [7, 11) is 0. The maximum Gasteiger partial charge on any atom is 0.131 e. The molecule has 0 bridgehead atoms. The van der Waals surface area contributed by atoms with Crippen molar-refractivity contribution >= 4 is 6.29 Å². The molecular weight excluding hydrogens is 232 g/mol. The summed E-state index contributed by atoms with van der Waals surface area (Å²) in [5.74, 6) is -0.0337. The first-order valence-electron chi connectivity index (χ1n) is 6.41. The second-order valence-electron chi connectivity index (χ2n) is 4.89. The lowest BCUT2D eigenvalue weighted by molar-refractivity contribution is -0.112. The number of benzene rings is 2. The molecule has 0 amide bonds. The van der Waals surface area contributed by atoms with Crippen molar-refractivity contribution in [1.82, 2.24) is 0 Å². The SMILES string of the molecule is C=C[C@@H](c1ccccc1)[C@@](C)(C=O)c1ccccc1. The quantitative estimate of drug-likeness (QED) is 0.576. The molecule has 0 radical (unpaired) electrons. The Balaban J connectivity index is 2.51. The monoisotopic (exact) mass is 250 g/mol. The molecule has 2 aromatic carbocycles. The van der Waals surface area contributed by atoms with Crippen LogP contribution in [0, 0.1) is 0 Å². The number of hydrogen-bond donors (Lipinski definition) is 0. The van der Waals surface area contributed by atoms with Gasteiger partial charge in [0.15, 0.2) is 0 Å². The van der Waals surface area contributed by atoms with Gasteiger partial charge >= 0.3 is 0 Å². The molecule has 0 saturated carbocycles. The van der Waals surface area contributed by atoms with Gasteiger partial charge in [0.2, 0.25) is 0 Å². The third-order valence-electron chi connectivity index (χ3n) is 3.68. The van der Waals surface area contributed by atoms with Gasteiger partial charge in [0, 0.05) is 5.92 Å². The van der Waals surface area contributed by atoms with E-state index in [0.29, 0.717) is 0 Å². The predicted octanol–water partition coefficient (Wildman–Crippen LogP) is 4.11. The van der Waals surface area contributed by atoms with Gasteiger partial charge in [0.1, 0.15) is 6.29 Å². The van der Waals surface area contributed by atoms with Crippen LogP contribution in [0.5, 0.6) is 0 Å². The molecule has 0 aromatic heterocycles. The Bertz CT molecular complexity index is 544. The van der Waals surface area contributed by atoms with Crippen molar-refractivity contribution in [2.75, 3.05) is 0 Å². The van der Waals surface area contributed by atoms with E-state index in [1.54, 1.807) is 0 Å². The van der Waals surface area contributed by atoms with Gasteiger partial charge in [-0.25, -0.2) is 0 Å². The van der Waals surface area contributed by atoms with Crippen molar-refractivity contribution in [3.63, 3.8) is 0 Å². The molecule has 0 unspecified atom stereocenters. The Morgan fingerprint density at radius 3 is 2.00 bits per heavy atom. The highest BCUT2D eigenvalue weighted by Crippen LogP contribution is 2.38. The van der Waals surface area contributed by atoms with Gasteiger partial charge in [0.25, 0.3) is 0 Å². The zero-order valence-electron chi connectivity index (χ0n) is 11.1. The molecular formula is C18H18O. The lowest BCUT2D eigenvalue weighted by atomic mass is 9.70. The van der Waals surface area contributed by atoms with Crippen molar-refractivity contribution in [3.05, 3.63) is 84.4 Å². The number of carbonyl (C=O) groups excluding carboxylic acids is 1. The van der Waals surface area contributed by atoms with Crippen LogP contribution in [0.2, 0.25) is 0 Å². The minimum atomic E-state index is -0.593. The van der Waals surface area contributed by atoms with Gasteiger partial charge < -0.3 is 4.79 Å². The van der Waals surface area contributed by atoms with Gasteiger partial charge in [-0.15, -0.1) is 6.58 Å². The molecule has 1 nitrogen and oxygen atoms in total.